The van der Waals surface area contributed by atoms with Crippen LogP contribution in [-0.2, 0) is 34.0 Å². The van der Waals surface area contributed by atoms with Crippen molar-refractivity contribution in [2.24, 2.45) is 0 Å². The second kappa shape index (κ2) is 11.5. The average Bonchev–Trinajstić information content (AvgIpc) is 2.86. The molecule has 4 rings (SSSR count). The highest BCUT2D eigenvalue weighted by Crippen LogP contribution is 2.30. The van der Waals surface area contributed by atoms with Crippen LogP contribution in [0.2, 0.25) is 0 Å². The van der Waals surface area contributed by atoms with Gasteiger partial charge in [0, 0.05) is 0 Å². The second-order valence-corrected chi connectivity index (χ2v) is 8.26. The van der Waals surface area contributed by atoms with E-state index < -0.39 is 36.6 Å². The van der Waals surface area contributed by atoms with E-state index in [0.29, 0.717) is 0 Å². The van der Waals surface area contributed by atoms with Crippen LogP contribution in [0.25, 0.3) is 0 Å². The Hall–Kier alpha value is -2.58. The molecule has 0 saturated heterocycles. The van der Waals surface area contributed by atoms with Gasteiger partial charge >= 0.3 is 0 Å². The summed E-state index contributed by atoms with van der Waals surface area (Å²) < 4.78 is 17.9. The maximum absolute atomic E-state index is 11.1. The molecule has 3 aromatic rings. The lowest BCUT2D eigenvalue weighted by atomic mass is 9.84. The number of hydrogen-bond donors (Lipinski definition) is 3. The van der Waals surface area contributed by atoms with Crippen LogP contribution in [0.3, 0.4) is 0 Å². The molecular weight excluding hydrogens is 420 g/mol. The van der Waals surface area contributed by atoms with Gasteiger partial charge in [-0.1, -0.05) is 91.0 Å². The summed E-state index contributed by atoms with van der Waals surface area (Å²) in [6, 6.07) is 28.6. The van der Waals surface area contributed by atoms with Crippen LogP contribution in [-0.4, -0.2) is 51.9 Å². The van der Waals surface area contributed by atoms with E-state index in [9.17, 15) is 15.3 Å². The van der Waals surface area contributed by atoms with Crippen LogP contribution in [0.1, 0.15) is 16.7 Å². The normalized spacial score (nSPS) is 27.4. The van der Waals surface area contributed by atoms with Crippen molar-refractivity contribution >= 4 is 0 Å². The highest BCUT2D eigenvalue weighted by molar-refractivity contribution is 5.16. The lowest BCUT2D eigenvalue weighted by Gasteiger charge is -2.45. The van der Waals surface area contributed by atoms with E-state index in [1.807, 2.05) is 91.0 Å². The van der Waals surface area contributed by atoms with Gasteiger partial charge in [-0.05, 0) is 16.7 Å². The van der Waals surface area contributed by atoms with Gasteiger partial charge in [-0.2, -0.15) is 0 Å². The molecule has 33 heavy (non-hydrogen) atoms. The van der Waals surface area contributed by atoms with Gasteiger partial charge in [0.2, 0.25) is 0 Å². The van der Waals surface area contributed by atoms with Crippen LogP contribution >= 0.6 is 0 Å². The fraction of sp³-hybridized carbons (Fsp3) is 0.333. The fourth-order valence-electron chi connectivity index (χ4n) is 4.05. The zero-order chi connectivity index (χ0) is 23.0. The summed E-state index contributed by atoms with van der Waals surface area (Å²) in [5.74, 6) is 0. The van der Waals surface area contributed by atoms with Gasteiger partial charge in [-0.3, -0.25) is 0 Å². The van der Waals surface area contributed by atoms with Gasteiger partial charge in [-0.15, -0.1) is 0 Å². The predicted octanol–water partition coefficient (Wildman–Crippen LogP) is 2.84. The molecule has 3 N–H and O–H groups in total. The van der Waals surface area contributed by atoms with E-state index in [1.165, 1.54) is 0 Å². The van der Waals surface area contributed by atoms with Crippen molar-refractivity contribution in [1.29, 1.82) is 0 Å². The third kappa shape index (κ3) is 6.06. The molecule has 1 aliphatic rings. The zero-order valence-corrected chi connectivity index (χ0v) is 18.3. The van der Waals surface area contributed by atoms with E-state index in [4.69, 9.17) is 14.2 Å². The topological polar surface area (TPSA) is 88.4 Å². The van der Waals surface area contributed by atoms with Crippen molar-refractivity contribution in [2.75, 3.05) is 0 Å². The molecule has 174 valence electrons. The number of aliphatic hydroxyl groups is 3. The van der Waals surface area contributed by atoms with Gasteiger partial charge in [0.05, 0.1) is 19.8 Å². The highest BCUT2D eigenvalue weighted by Gasteiger charge is 2.51. The minimum Gasteiger partial charge on any atom is -0.387 e. The minimum atomic E-state index is -1.33. The highest BCUT2D eigenvalue weighted by atomic mass is 16.6. The van der Waals surface area contributed by atoms with Crippen molar-refractivity contribution in [1.82, 2.24) is 0 Å². The van der Waals surface area contributed by atoms with Crippen LogP contribution in [0.15, 0.2) is 91.0 Å². The number of ether oxygens (including phenoxy) is 3. The smallest absolute Gasteiger partial charge is 0.115 e. The van der Waals surface area contributed by atoms with Crippen molar-refractivity contribution in [3.63, 3.8) is 0 Å². The van der Waals surface area contributed by atoms with E-state index in [0.717, 1.165) is 16.7 Å². The molecule has 6 atom stereocenters. The first-order chi connectivity index (χ1) is 16.1. The Kier molecular flexibility index (Phi) is 8.23. The largest absolute Gasteiger partial charge is 0.387 e. The maximum atomic E-state index is 11.1. The van der Waals surface area contributed by atoms with Gasteiger partial charge in [0.15, 0.2) is 0 Å². The third-order valence-corrected chi connectivity index (χ3v) is 5.88. The van der Waals surface area contributed by atoms with Gasteiger partial charge in [-0.25, -0.2) is 0 Å². The molecule has 6 nitrogen and oxygen atoms in total. The monoisotopic (exact) mass is 450 g/mol. The Labute approximate surface area is 194 Å². The molecule has 0 heterocycles. The number of aliphatic hydroxyl groups excluding tert-OH is 3. The number of hydrogen-bond acceptors (Lipinski definition) is 6. The first-order valence-electron chi connectivity index (χ1n) is 11.1. The van der Waals surface area contributed by atoms with E-state index in [2.05, 4.69) is 0 Å². The Morgan fingerprint density at radius 2 is 0.727 bits per heavy atom. The van der Waals surface area contributed by atoms with Crippen LogP contribution < -0.4 is 0 Å². The summed E-state index contributed by atoms with van der Waals surface area (Å²) in [7, 11) is 0. The first kappa shape index (κ1) is 23.6. The first-order valence-corrected chi connectivity index (χ1v) is 11.1. The standard InChI is InChI=1S/C27H30O6/c28-22-23(29)26(32-17-20-12-6-2-7-13-20)27(33-18-21-14-8-3-9-15-21)24(30)25(22)31-16-19-10-4-1-5-11-19/h1-15,22-30H,16-18H2/t22-,23+,24-,25-,26+,27-/m1/s1. The molecule has 1 saturated carbocycles. The minimum absolute atomic E-state index is 0.188. The molecule has 0 bridgehead atoms. The molecule has 0 aromatic heterocycles. The Morgan fingerprint density at radius 3 is 1.12 bits per heavy atom. The Bertz CT molecular complexity index is 952. The molecule has 1 fully saturated rings. The molecule has 3 aromatic carbocycles. The van der Waals surface area contributed by atoms with Crippen molar-refractivity contribution in [3.8, 4) is 0 Å². The fourth-order valence-corrected chi connectivity index (χ4v) is 4.05. The molecule has 0 amide bonds. The lowest BCUT2D eigenvalue weighted by molar-refractivity contribution is -0.262. The average molecular weight is 451 g/mol. The summed E-state index contributed by atoms with van der Waals surface area (Å²) in [4.78, 5) is 0. The SMILES string of the molecule is O[C@@H]1[C@H](O)[C@H](OCc2ccccc2)[C@H](OCc2ccccc2)[C@H](O)[C@@H]1OCc1ccccc1. The van der Waals surface area contributed by atoms with Crippen LogP contribution in [0.5, 0.6) is 0 Å². The zero-order valence-electron chi connectivity index (χ0n) is 18.3. The Balaban J connectivity index is 1.49. The van der Waals surface area contributed by atoms with E-state index in [1.54, 1.807) is 0 Å². The third-order valence-electron chi connectivity index (χ3n) is 5.88. The van der Waals surface area contributed by atoms with Crippen molar-refractivity contribution in [2.45, 2.75) is 56.4 Å². The second-order valence-electron chi connectivity index (χ2n) is 8.26. The van der Waals surface area contributed by atoms with Crippen LogP contribution in [0.4, 0.5) is 0 Å². The summed E-state index contributed by atoms with van der Waals surface area (Å²) in [5, 5.41) is 32.8. The van der Waals surface area contributed by atoms with Gasteiger partial charge in [0.1, 0.15) is 36.6 Å². The molecule has 0 radical (unpaired) electrons. The maximum Gasteiger partial charge on any atom is 0.115 e. The quantitative estimate of drug-likeness (QED) is 0.465. The number of rotatable bonds is 9. The predicted molar refractivity (Wildman–Crippen MR) is 123 cm³/mol. The summed E-state index contributed by atoms with van der Waals surface area (Å²) in [6.45, 7) is 0.623. The molecule has 1 aliphatic carbocycles. The molecule has 0 aliphatic heterocycles. The van der Waals surface area contributed by atoms with E-state index >= 15 is 0 Å². The lowest BCUT2D eigenvalue weighted by Crippen LogP contribution is -2.65. The molecule has 0 spiro atoms. The molecule has 6 heteroatoms. The Morgan fingerprint density at radius 1 is 0.424 bits per heavy atom. The number of benzene rings is 3. The van der Waals surface area contributed by atoms with E-state index in [-0.39, 0.29) is 19.8 Å². The van der Waals surface area contributed by atoms with Crippen LogP contribution in [0, 0.1) is 0 Å². The summed E-state index contributed by atoms with van der Waals surface area (Å²) in [5.41, 5.74) is 2.74. The summed E-state index contributed by atoms with van der Waals surface area (Å²) in [6.07, 6.45) is -6.68. The van der Waals surface area contributed by atoms with Crippen molar-refractivity contribution < 1.29 is 29.5 Å². The van der Waals surface area contributed by atoms with Gasteiger partial charge in [0.25, 0.3) is 0 Å². The van der Waals surface area contributed by atoms with Crippen molar-refractivity contribution in [3.05, 3.63) is 108 Å². The summed E-state index contributed by atoms with van der Waals surface area (Å²) >= 11 is 0. The molecular formula is C27H30O6. The van der Waals surface area contributed by atoms with Gasteiger partial charge < -0.3 is 29.5 Å². The molecule has 0 unspecified atom stereocenters.